The summed E-state index contributed by atoms with van der Waals surface area (Å²) in [6.07, 6.45) is 5.08. The predicted molar refractivity (Wildman–Crippen MR) is 139 cm³/mol. The zero-order chi connectivity index (χ0) is 21.1. The van der Waals surface area contributed by atoms with E-state index in [0.717, 1.165) is 35.1 Å². The summed E-state index contributed by atoms with van der Waals surface area (Å²) in [5.74, 6) is -0.699. The van der Waals surface area contributed by atoms with E-state index in [9.17, 15) is 9.59 Å². The highest BCUT2D eigenvalue weighted by atomic mass is 127. The van der Waals surface area contributed by atoms with Gasteiger partial charge in [0.2, 0.25) is 0 Å². The molecule has 0 radical (unpaired) electrons. The average Bonchev–Trinajstić information content (AvgIpc) is 3.45. The van der Waals surface area contributed by atoms with E-state index in [1.165, 1.54) is 29.5 Å². The number of hydrogen-bond acceptors (Lipinski definition) is 3. The van der Waals surface area contributed by atoms with E-state index < -0.39 is 5.97 Å². The molecule has 0 unspecified atom stereocenters. The Labute approximate surface area is 206 Å². The van der Waals surface area contributed by atoms with E-state index in [1.807, 2.05) is 29.2 Å². The summed E-state index contributed by atoms with van der Waals surface area (Å²) >= 11 is 4.37. The molecule has 2 aromatic carbocycles. The molecule has 2 N–H and O–H groups in total. The Kier molecular flexibility index (Phi) is 13.2. The van der Waals surface area contributed by atoms with Gasteiger partial charge in [-0.15, -0.1) is 0 Å². The third-order valence-electron chi connectivity index (χ3n) is 4.53. The fraction of sp³-hybridized carbons (Fsp3) is 0.391. The number of likely N-dealkylation sites (tertiary alicyclic amines) is 1. The first-order valence-corrected chi connectivity index (χ1v) is 11.9. The Hall–Kier alpha value is -1.20. The minimum absolute atomic E-state index is 0. The van der Waals surface area contributed by atoms with Crippen LogP contribution in [0.5, 0.6) is 0 Å². The van der Waals surface area contributed by atoms with Crippen LogP contribution in [-0.4, -0.2) is 48.1 Å². The Morgan fingerprint density at radius 2 is 1.20 bits per heavy atom. The topological polar surface area (TPSA) is 69.6 Å². The van der Waals surface area contributed by atoms with Crippen molar-refractivity contribution >= 4 is 57.1 Å². The third kappa shape index (κ3) is 9.74. The molecule has 5 nitrogen and oxygen atoms in total. The molecular formula is C23H30I2N2O3. The van der Waals surface area contributed by atoms with Crippen LogP contribution >= 0.6 is 45.2 Å². The van der Waals surface area contributed by atoms with E-state index in [0.29, 0.717) is 5.56 Å². The molecule has 2 aromatic rings. The van der Waals surface area contributed by atoms with Gasteiger partial charge in [0, 0.05) is 25.8 Å². The van der Waals surface area contributed by atoms with Gasteiger partial charge in [-0.1, -0.05) is 7.43 Å². The van der Waals surface area contributed by atoms with E-state index in [4.69, 9.17) is 5.11 Å². The third-order valence-corrected chi connectivity index (χ3v) is 5.97. The quantitative estimate of drug-likeness (QED) is 0.427. The molecule has 0 spiro atoms. The van der Waals surface area contributed by atoms with Crippen molar-refractivity contribution in [2.24, 2.45) is 0 Å². The number of aromatic carboxylic acids is 1. The molecule has 30 heavy (non-hydrogen) atoms. The Balaban J connectivity index is 0.000000246. The number of halogens is 2. The maximum Gasteiger partial charge on any atom is 0.335 e. The van der Waals surface area contributed by atoms with Crippen molar-refractivity contribution in [3.05, 3.63) is 66.8 Å². The summed E-state index contributed by atoms with van der Waals surface area (Å²) in [5, 5.41) is 11.7. The van der Waals surface area contributed by atoms with Crippen molar-refractivity contribution in [2.75, 3.05) is 26.2 Å². The van der Waals surface area contributed by atoms with Crippen LogP contribution in [-0.2, 0) is 0 Å². The minimum Gasteiger partial charge on any atom is -0.478 e. The van der Waals surface area contributed by atoms with Gasteiger partial charge >= 0.3 is 5.97 Å². The monoisotopic (exact) mass is 636 g/mol. The number of nitrogens with zero attached hydrogens (tertiary/aromatic N) is 1. The maximum absolute atomic E-state index is 11.9. The molecule has 2 saturated heterocycles. The number of carboxylic acid groups (broad SMARTS) is 1. The molecule has 0 aliphatic carbocycles. The van der Waals surface area contributed by atoms with Gasteiger partial charge in [0.15, 0.2) is 0 Å². The van der Waals surface area contributed by atoms with E-state index >= 15 is 0 Å². The molecule has 7 heteroatoms. The Morgan fingerprint density at radius 1 is 0.767 bits per heavy atom. The molecule has 4 rings (SSSR count). The lowest BCUT2D eigenvalue weighted by molar-refractivity contribution is 0.0696. The normalized spacial score (nSPS) is 14.5. The number of carboxylic acids is 1. The lowest BCUT2D eigenvalue weighted by Gasteiger charge is -2.14. The van der Waals surface area contributed by atoms with E-state index in [2.05, 4.69) is 50.5 Å². The highest BCUT2D eigenvalue weighted by molar-refractivity contribution is 14.1. The lowest BCUT2D eigenvalue weighted by atomic mass is 10.2. The zero-order valence-corrected chi connectivity index (χ0v) is 20.6. The summed E-state index contributed by atoms with van der Waals surface area (Å²) in [6, 6.07) is 14.5. The second-order valence-corrected chi connectivity index (χ2v) is 9.27. The molecule has 0 saturated carbocycles. The lowest BCUT2D eigenvalue weighted by Crippen LogP contribution is -2.27. The van der Waals surface area contributed by atoms with Gasteiger partial charge in [0.25, 0.3) is 5.91 Å². The first-order valence-electron chi connectivity index (χ1n) is 9.72. The second-order valence-electron chi connectivity index (χ2n) is 6.78. The van der Waals surface area contributed by atoms with Crippen LogP contribution in [0.4, 0.5) is 0 Å². The second kappa shape index (κ2) is 14.7. The van der Waals surface area contributed by atoms with E-state index in [1.54, 1.807) is 24.3 Å². The van der Waals surface area contributed by atoms with Crippen molar-refractivity contribution in [1.82, 2.24) is 10.2 Å². The fourth-order valence-corrected chi connectivity index (χ4v) is 3.63. The van der Waals surface area contributed by atoms with E-state index in [-0.39, 0.29) is 13.3 Å². The highest BCUT2D eigenvalue weighted by Crippen LogP contribution is 2.14. The average molecular weight is 636 g/mol. The highest BCUT2D eigenvalue weighted by Gasteiger charge is 2.18. The summed E-state index contributed by atoms with van der Waals surface area (Å²) < 4.78 is 2.21. The maximum atomic E-state index is 11.9. The molecule has 0 atom stereocenters. The van der Waals surface area contributed by atoms with Gasteiger partial charge in [0.05, 0.1) is 5.56 Å². The van der Waals surface area contributed by atoms with Crippen molar-refractivity contribution in [1.29, 1.82) is 0 Å². The number of amides is 1. The molecule has 0 aromatic heterocycles. The van der Waals surface area contributed by atoms with Crippen molar-refractivity contribution < 1.29 is 14.7 Å². The van der Waals surface area contributed by atoms with Crippen molar-refractivity contribution in [3.8, 4) is 0 Å². The van der Waals surface area contributed by atoms with Crippen LogP contribution in [0.3, 0.4) is 0 Å². The first kappa shape index (κ1) is 26.8. The molecule has 1 amide bonds. The molecule has 2 aliphatic heterocycles. The van der Waals surface area contributed by atoms with Crippen molar-refractivity contribution in [3.63, 3.8) is 0 Å². The largest absolute Gasteiger partial charge is 0.478 e. The fourth-order valence-electron chi connectivity index (χ4n) is 2.91. The molecule has 2 aliphatic rings. The predicted octanol–water partition coefficient (Wildman–Crippen LogP) is 5.52. The molecule has 0 bridgehead atoms. The van der Waals surface area contributed by atoms with Crippen LogP contribution in [0.1, 0.15) is 53.8 Å². The molecular weight excluding hydrogens is 606 g/mol. The number of hydrogen-bond donors (Lipinski definition) is 2. The smallest absolute Gasteiger partial charge is 0.335 e. The van der Waals surface area contributed by atoms with Gasteiger partial charge in [-0.3, -0.25) is 4.79 Å². The summed E-state index contributed by atoms with van der Waals surface area (Å²) in [6.45, 7) is 4.34. The number of rotatable bonds is 2. The van der Waals surface area contributed by atoms with Crippen LogP contribution in [0.15, 0.2) is 48.5 Å². The standard InChI is InChI=1S/C11H12INO.C7H5IO2.C4H9N.CH4/c12-10-5-3-9(4-6-10)11(14)13-7-1-2-8-13;8-6-3-1-5(2-4-6)7(9)10;1-2-4-5-3-1;/h3-6H,1-2,7-8H2;1-4H,(H,9,10);5H,1-4H2;1H4. The van der Waals surface area contributed by atoms with Crippen LogP contribution in [0, 0.1) is 7.14 Å². The summed E-state index contributed by atoms with van der Waals surface area (Å²) in [4.78, 5) is 24.1. The minimum atomic E-state index is -0.878. The van der Waals surface area contributed by atoms with Gasteiger partial charge in [0.1, 0.15) is 0 Å². The van der Waals surface area contributed by atoms with Crippen molar-refractivity contribution in [2.45, 2.75) is 33.1 Å². The van der Waals surface area contributed by atoms with Gasteiger partial charge < -0.3 is 15.3 Å². The Bertz CT molecular complexity index is 762. The number of carbonyl (C=O) groups is 2. The van der Waals surface area contributed by atoms with Gasteiger partial charge in [-0.25, -0.2) is 4.79 Å². The molecule has 164 valence electrons. The number of benzene rings is 2. The van der Waals surface area contributed by atoms with Crippen LogP contribution in [0.25, 0.3) is 0 Å². The van der Waals surface area contributed by atoms with Crippen LogP contribution < -0.4 is 5.32 Å². The van der Waals surface area contributed by atoms with Crippen LogP contribution in [0.2, 0.25) is 0 Å². The number of carbonyl (C=O) groups excluding carboxylic acids is 1. The number of nitrogens with one attached hydrogen (secondary N) is 1. The zero-order valence-electron chi connectivity index (χ0n) is 16.2. The molecule has 2 heterocycles. The Morgan fingerprint density at radius 3 is 1.57 bits per heavy atom. The molecule has 2 fully saturated rings. The van der Waals surface area contributed by atoms with Gasteiger partial charge in [-0.05, 0) is 132 Å². The van der Waals surface area contributed by atoms with Gasteiger partial charge in [-0.2, -0.15) is 0 Å². The summed E-state index contributed by atoms with van der Waals surface area (Å²) in [7, 11) is 0. The summed E-state index contributed by atoms with van der Waals surface area (Å²) in [5.41, 5.74) is 1.15. The SMILES string of the molecule is C.C1CCNC1.O=C(O)c1ccc(I)cc1.O=C(c1ccc(I)cc1)N1CCCC1. The first-order chi connectivity index (χ1) is 14.0.